The Labute approximate surface area is 102 Å². The van der Waals surface area contributed by atoms with Crippen LogP contribution in [0.15, 0.2) is 34.3 Å². The highest BCUT2D eigenvalue weighted by molar-refractivity contribution is 7.89. The van der Waals surface area contributed by atoms with E-state index >= 15 is 0 Å². The molecule has 10 heteroatoms. The van der Waals surface area contributed by atoms with Crippen molar-refractivity contribution >= 4 is 15.9 Å². The topological polar surface area (TPSA) is 119 Å². The summed E-state index contributed by atoms with van der Waals surface area (Å²) < 4.78 is 31.0. The summed E-state index contributed by atoms with van der Waals surface area (Å²) in [6.07, 6.45) is 2.54. The number of rotatable bonds is 4. The molecule has 2 N–H and O–H groups in total. The van der Waals surface area contributed by atoms with Crippen molar-refractivity contribution in [3.8, 4) is 0 Å². The Bertz CT molecular complexity index is 645. The summed E-state index contributed by atoms with van der Waals surface area (Å²) in [5.74, 6) is -0.759. The first-order chi connectivity index (χ1) is 8.53. The zero-order chi connectivity index (χ0) is 13.2. The largest absolute Gasteiger partial charge is 0.438 e. The van der Waals surface area contributed by atoms with E-state index in [1.54, 1.807) is 0 Å². The molecule has 0 aliphatic heterocycles. The maximum absolute atomic E-state index is 11.6. The molecule has 0 aliphatic rings. The van der Waals surface area contributed by atoms with Crippen LogP contribution in [0, 0.1) is 0 Å². The summed E-state index contributed by atoms with van der Waals surface area (Å²) in [5.41, 5.74) is 2.36. The quantitative estimate of drug-likeness (QED) is 0.748. The standard InChI is InChI=1S/C8H9N5O4S/c1-9-18(15,16)7-3-2-6(17-7)8(14)12-13-4-10-11-5-13/h2-5,9H,1H3,(H,12,14). The van der Waals surface area contributed by atoms with Crippen molar-refractivity contribution in [2.24, 2.45) is 0 Å². The van der Waals surface area contributed by atoms with Crippen LogP contribution in [0.25, 0.3) is 0 Å². The van der Waals surface area contributed by atoms with Crippen LogP contribution in [0.2, 0.25) is 0 Å². The Morgan fingerprint density at radius 2 is 2.00 bits per heavy atom. The van der Waals surface area contributed by atoms with Gasteiger partial charge in [-0.25, -0.2) is 17.8 Å². The van der Waals surface area contributed by atoms with E-state index < -0.39 is 15.9 Å². The van der Waals surface area contributed by atoms with Gasteiger partial charge in [0.2, 0.25) is 5.09 Å². The van der Waals surface area contributed by atoms with Crippen molar-refractivity contribution < 1.29 is 17.6 Å². The number of furan rings is 1. The van der Waals surface area contributed by atoms with Crippen LogP contribution < -0.4 is 10.1 Å². The number of nitrogens with one attached hydrogen (secondary N) is 2. The van der Waals surface area contributed by atoms with E-state index in [9.17, 15) is 13.2 Å². The second-order valence-electron chi connectivity index (χ2n) is 3.14. The fourth-order valence-corrected chi connectivity index (χ4v) is 1.77. The number of nitrogens with zero attached hydrogens (tertiary/aromatic N) is 3. The van der Waals surface area contributed by atoms with Gasteiger partial charge in [0.1, 0.15) is 12.7 Å². The smallest absolute Gasteiger partial charge is 0.305 e. The van der Waals surface area contributed by atoms with Gasteiger partial charge in [0.15, 0.2) is 5.76 Å². The highest BCUT2D eigenvalue weighted by Crippen LogP contribution is 2.13. The maximum atomic E-state index is 11.6. The third-order valence-corrected chi connectivity index (χ3v) is 3.27. The van der Waals surface area contributed by atoms with Crippen molar-refractivity contribution in [2.75, 3.05) is 12.5 Å². The minimum atomic E-state index is -3.70. The minimum absolute atomic E-state index is 0.141. The van der Waals surface area contributed by atoms with Crippen LogP contribution in [0.5, 0.6) is 0 Å². The lowest BCUT2D eigenvalue weighted by atomic mass is 10.4. The monoisotopic (exact) mass is 271 g/mol. The molecule has 2 aromatic rings. The van der Waals surface area contributed by atoms with Gasteiger partial charge in [0.05, 0.1) is 0 Å². The van der Waals surface area contributed by atoms with Crippen molar-refractivity contribution in [1.82, 2.24) is 19.6 Å². The lowest BCUT2D eigenvalue weighted by molar-refractivity contribution is 0.0976. The van der Waals surface area contributed by atoms with Crippen molar-refractivity contribution in [1.29, 1.82) is 0 Å². The molecule has 2 aromatic heterocycles. The molecule has 0 aromatic carbocycles. The van der Waals surface area contributed by atoms with Crippen LogP contribution in [0.3, 0.4) is 0 Å². The van der Waals surface area contributed by atoms with E-state index in [0.717, 1.165) is 0 Å². The van der Waals surface area contributed by atoms with Gasteiger partial charge >= 0.3 is 5.91 Å². The summed E-state index contributed by atoms with van der Waals surface area (Å²) in [6, 6.07) is 2.44. The summed E-state index contributed by atoms with van der Waals surface area (Å²) >= 11 is 0. The van der Waals surface area contributed by atoms with Crippen LogP contribution in [0.1, 0.15) is 10.6 Å². The third kappa shape index (κ3) is 2.38. The van der Waals surface area contributed by atoms with Gasteiger partial charge in [-0.3, -0.25) is 10.2 Å². The maximum Gasteiger partial charge on any atom is 0.305 e. The van der Waals surface area contributed by atoms with E-state index in [1.807, 2.05) is 0 Å². The Hall–Kier alpha value is -2.20. The van der Waals surface area contributed by atoms with E-state index in [2.05, 4.69) is 20.3 Å². The third-order valence-electron chi connectivity index (χ3n) is 1.99. The zero-order valence-electron chi connectivity index (χ0n) is 9.19. The Kier molecular flexibility index (Phi) is 3.12. The molecule has 0 saturated carbocycles. The molecule has 0 spiro atoms. The van der Waals surface area contributed by atoms with Gasteiger partial charge in [0, 0.05) is 0 Å². The number of carbonyl (C=O) groups is 1. The number of hydrogen-bond donors (Lipinski definition) is 2. The molecule has 96 valence electrons. The van der Waals surface area contributed by atoms with Gasteiger partial charge in [-0.2, -0.15) is 0 Å². The molecular formula is C8H9N5O4S. The molecule has 2 rings (SSSR count). The first kappa shape index (κ1) is 12.3. The number of amides is 1. The average molecular weight is 271 g/mol. The molecule has 0 unspecified atom stereocenters. The van der Waals surface area contributed by atoms with E-state index in [1.165, 1.54) is 36.5 Å². The van der Waals surface area contributed by atoms with Crippen LogP contribution >= 0.6 is 0 Å². The predicted molar refractivity (Wildman–Crippen MR) is 58.7 cm³/mol. The van der Waals surface area contributed by atoms with Gasteiger partial charge in [-0.15, -0.1) is 10.2 Å². The van der Waals surface area contributed by atoms with Crippen LogP contribution in [0.4, 0.5) is 0 Å². The van der Waals surface area contributed by atoms with E-state index in [0.29, 0.717) is 0 Å². The predicted octanol–water partition coefficient (Wildman–Crippen LogP) is -0.837. The molecule has 0 saturated heterocycles. The number of hydrogen-bond acceptors (Lipinski definition) is 6. The van der Waals surface area contributed by atoms with E-state index in [-0.39, 0.29) is 10.9 Å². The highest BCUT2D eigenvalue weighted by Gasteiger charge is 2.19. The second kappa shape index (κ2) is 4.58. The molecule has 0 bridgehead atoms. The van der Waals surface area contributed by atoms with Crippen molar-refractivity contribution in [3.63, 3.8) is 0 Å². The summed E-state index contributed by atoms with van der Waals surface area (Å²) in [4.78, 5) is 11.6. The fraction of sp³-hybridized carbons (Fsp3) is 0.125. The highest BCUT2D eigenvalue weighted by atomic mass is 32.2. The number of sulfonamides is 1. The zero-order valence-corrected chi connectivity index (χ0v) is 10.0. The molecule has 1 amide bonds. The summed E-state index contributed by atoms with van der Waals surface area (Å²) in [6.45, 7) is 0. The SMILES string of the molecule is CNS(=O)(=O)c1ccc(C(=O)Nn2cnnc2)o1. The van der Waals surface area contributed by atoms with Crippen molar-refractivity contribution in [2.45, 2.75) is 5.09 Å². The summed E-state index contributed by atoms with van der Waals surface area (Å²) in [7, 11) is -2.46. The normalized spacial score (nSPS) is 11.4. The molecule has 0 radical (unpaired) electrons. The minimum Gasteiger partial charge on any atom is -0.438 e. The Morgan fingerprint density at radius 1 is 1.33 bits per heavy atom. The molecule has 18 heavy (non-hydrogen) atoms. The van der Waals surface area contributed by atoms with Gasteiger partial charge in [0.25, 0.3) is 10.0 Å². The lowest BCUT2D eigenvalue weighted by Gasteiger charge is -2.01. The molecular weight excluding hydrogens is 262 g/mol. The van der Waals surface area contributed by atoms with Crippen LogP contribution in [-0.2, 0) is 10.0 Å². The molecule has 9 nitrogen and oxygen atoms in total. The molecule has 0 atom stereocenters. The number of carbonyl (C=O) groups excluding carboxylic acids is 1. The van der Waals surface area contributed by atoms with Crippen molar-refractivity contribution in [3.05, 3.63) is 30.5 Å². The second-order valence-corrected chi connectivity index (χ2v) is 4.95. The first-order valence-corrected chi connectivity index (χ1v) is 6.20. The molecule has 0 fully saturated rings. The molecule has 2 heterocycles. The van der Waals surface area contributed by atoms with Gasteiger partial charge < -0.3 is 4.42 Å². The lowest BCUT2D eigenvalue weighted by Crippen LogP contribution is -2.21. The Morgan fingerprint density at radius 3 is 2.61 bits per heavy atom. The summed E-state index contributed by atoms with van der Waals surface area (Å²) in [5, 5.41) is 6.64. The Balaban J connectivity index is 2.18. The van der Waals surface area contributed by atoms with Crippen LogP contribution in [-0.4, -0.2) is 36.2 Å². The van der Waals surface area contributed by atoms with E-state index in [4.69, 9.17) is 4.42 Å². The number of aromatic nitrogens is 3. The fourth-order valence-electron chi connectivity index (χ4n) is 1.12. The molecule has 0 aliphatic carbocycles. The van der Waals surface area contributed by atoms with Gasteiger partial charge in [-0.05, 0) is 19.2 Å². The first-order valence-electron chi connectivity index (χ1n) is 4.72. The average Bonchev–Trinajstić information content (AvgIpc) is 2.99. The van der Waals surface area contributed by atoms with Gasteiger partial charge in [-0.1, -0.05) is 0 Å².